The first-order chi connectivity index (χ1) is 9.51. The number of anilines is 1. The monoisotopic (exact) mass is 342 g/mol. The number of nitrogens with zero attached hydrogens (tertiary/aromatic N) is 1. The van der Waals surface area contributed by atoms with Gasteiger partial charge in [-0.15, -0.1) is 0 Å². The number of rotatable bonds is 8. The summed E-state index contributed by atoms with van der Waals surface area (Å²) in [5.74, 6) is 0. The number of hydrogen-bond acceptors (Lipinski definition) is 3. The molecule has 0 radical (unpaired) electrons. The molecule has 20 heavy (non-hydrogen) atoms. The van der Waals surface area contributed by atoms with Crippen LogP contribution in [0.25, 0.3) is 0 Å². The number of benzene rings is 1. The van der Waals surface area contributed by atoms with Gasteiger partial charge in [0.25, 0.3) is 0 Å². The van der Waals surface area contributed by atoms with Crippen molar-refractivity contribution in [2.45, 2.75) is 39.8 Å². The molecule has 0 fully saturated rings. The van der Waals surface area contributed by atoms with Crippen molar-refractivity contribution in [3.05, 3.63) is 28.2 Å². The van der Waals surface area contributed by atoms with Gasteiger partial charge in [-0.25, -0.2) is 0 Å². The third-order valence-corrected chi connectivity index (χ3v) is 3.93. The lowest BCUT2D eigenvalue weighted by atomic mass is 10.0. The van der Waals surface area contributed by atoms with Crippen LogP contribution in [0.1, 0.15) is 39.3 Å². The number of nitrogens with one attached hydrogen (secondary N) is 1. The van der Waals surface area contributed by atoms with Gasteiger partial charge in [0.1, 0.15) is 0 Å². The summed E-state index contributed by atoms with van der Waals surface area (Å²) in [6.07, 6.45) is 0. The molecule has 1 atom stereocenters. The third kappa shape index (κ3) is 4.76. The molecule has 1 unspecified atom stereocenters. The van der Waals surface area contributed by atoms with Gasteiger partial charge in [-0.3, -0.25) is 0 Å². The Balaban J connectivity index is 3.12. The first kappa shape index (κ1) is 17.5. The van der Waals surface area contributed by atoms with Crippen LogP contribution < -0.4 is 10.2 Å². The van der Waals surface area contributed by atoms with Crippen LogP contribution in [0.2, 0.25) is 0 Å². The predicted molar refractivity (Wildman–Crippen MR) is 90.6 cm³/mol. The van der Waals surface area contributed by atoms with Crippen molar-refractivity contribution < 1.29 is 4.74 Å². The molecule has 1 aromatic rings. The fraction of sp³-hybridized carbons (Fsp3) is 0.625. The van der Waals surface area contributed by atoms with Crippen molar-refractivity contribution in [2.24, 2.45) is 0 Å². The smallest absolute Gasteiger partial charge is 0.0637 e. The van der Waals surface area contributed by atoms with Crippen molar-refractivity contribution >= 4 is 21.6 Å². The average Bonchev–Trinajstić information content (AvgIpc) is 2.40. The molecule has 0 amide bonds. The molecule has 0 aromatic heterocycles. The van der Waals surface area contributed by atoms with E-state index >= 15 is 0 Å². The number of halogens is 1. The maximum atomic E-state index is 5.25. The van der Waals surface area contributed by atoms with E-state index in [9.17, 15) is 0 Å². The minimum atomic E-state index is 0.330. The predicted octanol–water partition coefficient (Wildman–Crippen LogP) is 3.98. The number of ether oxygens (including phenoxy) is 1. The van der Waals surface area contributed by atoms with Crippen LogP contribution in [0, 0.1) is 0 Å². The molecular formula is C16H27BrN2O. The van der Waals surface area contributed by atoms with Crippen molar-refractivity contribution in [1.29, 1.82) is 0 Å². The molecule has 114 valence electrons. The van der Waals surface area contributed by atoms with Crippen LogP contribution in [0.3, 0.4) is 0 Å². The van der Waals surface area contributed by atoms with Crippen LogP contribution in [0.5, 0.6) is 0 Å². The molecule has 3 nitrogen and oxygen atoms in total. The van der Waals surface area contributed by atoms with Gasteiger partial charge in [-0.1, -0.05) is 22.9 Å². The Bertz CT molecular complexity index is 409. The topological polar surface area (TPSA) is 24.5 Å². The zero-order valence-corrected chi connectivity index (χ0v) is 14.8. The first-order valence-corrected chi connectivity index (χ1v) is 8.09. The fourth-order valence-electron chi connectivity index (χ4n) is 2.40. The van der Waals surface area contributed by atoms with Gasteiger partial charge in [-0.2, -0.15) is 0 Å². The summed E-state index contributed by atoms with van der Waals surface area (Å²) in [5.41, 5.74) is 2.61. The van der Waals surface area contributed by atoms with Crippen LogP contribution in [-0.4, -0.2) is 32.8 Å². The quantitative estimate of drug-likeness (QED) is 0.773. The molecule has 0 aliphatic heterocycles. The van der Waals surface area contributed by atoms with Gasteiger partial charge in [0.15, 0.2) is 0 Å². The second-order valence-electron chi connectivity index (χ2n) is 5.26. The molecule has 0 saturated heterocycles. The van der Waals surface area contributed by atoms with Gasteiger partial charge < -0.3 is 15.0 Å². The molecule has 0 heterocycles. The molecule has 0 aliphatic carbocycles. The van der Waals surface area contributed by atoms with Gasteiger partial charge in [-0.05, 0) is 51.1 Å². The highest BCUT2D eigenvalue weighted by atomic mass is 79.9. The zero-order chi connectivity index (χ0) is 15.1. The molecule has 4 heteroatoms. The fourth-order valence-corrected chi connectivity index (χ4v) is 2.78. The number of hydrogen-bond donors (Lipinski definition) is 1. The second-order valence-corrected chi connectivity index (χ2v) is 6.18. The highest BCUT2D eigenvalue weighted by molar-refractivity contribution is 9.10. The van der Waals surface area contributed by atoms with E-state index in [1.807, 2.05) is 0 Å². The van der Waals surface area contributed by atoms with Gasteiger partial charge >= 0.3 is 0 Å². The van der Waals surface area contributed by atoms with E-state index in [0.717, 1.165) is 24.2 Å². The summed E-state index contributed by atoms with van der Waals surface area (Å²) >= 11 is 3.58. The van der Waals surface area contributed by atoms with Gasteiger partial charge in [0.2, 0.25) is 0 Å². The minimum absolute atomic E-state index is 0.330. The van der Waals surface area contributed by atoms with Crippen LogP contribution in [0.15, 0.2) is 22.7 Å². The normalized spacial score (nSPS) is 12.8. The molecule has 1 aromatic carbocycles. The van der Waals surface area contributed by atoms with Gasteiger partial charge in [0.05, 0.1) is 6.61 Å². The molecule has 0 aliphatic rings. The Morgan fingerprint density at radius 3 is 2.55 bits per heavy atom. The molecule has 0 saturated carbocycles. The van der Waals surface area contributed by atoms with Crippen LogP contribution in [0.4, 0.5) is 5.69 Å². The number of methoxy groups -OCH3 is 1. The van der Waals surface area contributed by atoms with E-state index in [1.54, 1.807) is 7.11 Å². The maximum absolute atomic E-state index is 5.25. The lowest BCUT2D eigenvalue weighted by Crippen LogP contribution is -2.35. The third-order valence-electron chi connectivity index (χ3n) is 3.44. The van der Waals surface area contributed by atoms with E-state index in [4.69, 9.17) is 4.74 Å². The van der Waals surface area contributed by atoms with E-state index < -0.39 is 0 Å². The Morgan fingerprint density at radius 1 is 1.30 bits per heavy atom. The molecule has 1 rings (SSSR count). The van der Waals surface area contributed by atoms with E-state index in [-0.39, 0.29) is 0 Å². The minimum Gasteiger partial charge on any atom is -0.383 e. The molecular weight excluding hydrogens is 316 g/mol. The lowest BCUT2D eigenvalue weighted by molar-refractivity contribution is 0.203. The van der Waals surface area contributed by atoms with Crippen molar-refractivity contribution in [3.63, 3.8) is 0 Å². The summed E-state index contributed by atoms with van der Waals surface area (Å²) < 4.78 is 6.37. The summed E-state index contributed by atoms with van der Waals surface area (Å²) in [7, 11) is 1.75. The highest BCUT2D eigenvalue weighted by Gasteiger charge is 2.17. The van der Waals surface area contributed by atoms with Gasteiger partial charge in [0, 0.05) is 35.9 Å². The standard InChI is InChI=1S/C16H27BrN2O/c1-6-18-13(4)15-11-14(17)7-8-16(15)19(12(2)3)9-10-20-5/h7-8,11-13,18H,6,9-10H2,1-5H3. The maximum Gasteiger partial charge on any atom is 0.0637 e. The first-order valence-electron chi connectivity index (χ1n) is 7.29. The summed E-state index contributed by atoms with van der Waals surface area (Å²) in [6, 6.07) is 7.29. The van der Waals surface area contributed by atoms with E-state index in [1.165, 1.54) is 11.3 Å². The van der Waals surface area contributed by atoms with E-state index in [0.29, 0.717) is 12.1 Å². The lowest BCUT2D eigenvalue weighted by Gasteiger charge is -2.32. The molecule has 0 spiro atoms. The average molecular weight is 343 g/mol. The highest BCUT2D eigenvalue weighted by Crippen LogP contribution is 2.30. The van der Waals surface area contributed by atoms with E-state index in [2.05, 4.69) is 72.0 Å². The second kappa shape index (κ2) is 8.65. The van der Waals surface area contributed by atoms with Crippen molar-refractivity contribution in [1.82, 2.24) is 5.32 Å². The summed E-state index contributed by atoms with van der Waals surface area (Å²) in [5, 5.41) is 3.50. The van der Waals surface area contributed by atoms with Crippen LogP contribution >= 0.6 is 15.9 Å². The Kier molecular flexibility index (Phi) is 7.56. The molecule has 1 N–H and O–H groups in total. The Labute approximate surface area is 131 Å². The zero-order valence-electron chi connectivity index (χ0n) is 13.2. The Morgan fingerprint density at radius 2 is 2.00 bits per heavy atom. The van der Waals surface area contributed by atoms with Crippen LogP contribution in [-0.2, 0) is 4.74 Å². The summed E-state index contributed by atoms with van der Waals surface area (Å²) in [6.45, 7) is 11.4. The molecule has 0 bridgehead atoms. The van der Waals surface area contributed by atoms with Crippen molar-refractivity contribution in [2.75, 3.05) is 31.7 Å². The SMILES string of the molecule is CCNC(C)c1cc(Br)ccc1N(CCOC)C(C)C. The largest absolute Gasteiger partial charge is 0.383 e. The Hall–Kier alpha value is -0.580. The summed E-state index contributed by atoms with van der Waals surface area (Å²) in [4.78, 5) is 2.40. The van der Waals surface area contributed by atoms with Crippen molar-refractivity contribution in [3.8, 4) is 0 Å².